The van der Waals surface area contributed by atoms with Gasteiger partial charge in [0.1, 0.15) is 5.76 Å². The highest BCUT2D eigenvalue weighted by Gasteiger charge is 2.14. The molecule has 2 rings (SSSR count). The Hall–Kier alpha value is -2.37. The fourth-order valence-corrected chi connectivity index (χ4v) is 2.27. The Morgan fingerprint density at radius 1 is 1.29 bits per heavy atom. The number of pyridine rings is 1. The molecule has 0 radical (unpaired) electrons. The Morgan fingerprint density at radius 2 is 2.00 bits per heavy atom. The highest BCUT2D eigenvalue weighted by molar-refractivity contribution is 5.79. The summed E-state index contributed by atoms with van der Waals surface area (Å²) in [6.45, 7) is 7.47. The van der Waals surface area contributed by atoms with Gasteiger partial charge in [-0.25, -0.2) is 0 Å². The van der Waals surface area contributed by atoms with Crippen LogP contribution in [0.3, 0.4) is 0 Å². The molecule has 0 aliphatic carbocycles. The quantitative estimate of drug-likeness (QED) is 0.891. The summed E-state index contributed by atoms with van der Waals surface area (Å²) < 4.78 is 5.03. The monoisotopic (exact) mass is 289 g/mol. The minimum atomic E-state index is -0.163. The van der Waals surface area contributed by atoms with Crippen molar-refractivity contribution >= 4 is 5.91 Å². The first-order valence-electron chi connectivity index (χ1n) is 6.76. The fourth-order valence-electron chi connectivity index (χ4n) is 2.27. The van der Waals surface area contributed by atoms with Crippen molar-refractivity contribution in [3.05, 3.63) is 50.3 Å². The number of rotatable bonds is 4. The number of nitrogens with zero attached hydrogens (tertiary/aromatic N) is 1. The zero-order chi connectivity index (χ0) is 15.6. The van der Waals surface area contributed by atoms with Crippen molar-refractivity contribution in [1.82, 2.24) is 15.5 Å². The molecule has 2 aromatic heterocycles. The Morgan fingerprint density at radius 3 is 2.57 bits per heavy atom. The molecule has 112 valence electrons. The van der Waals surface area contributed by atoms with Gasteiger partial charge < -0.3 is 14.8 Å². The molecule has 0 saturated carbocycles. The maximum Gasteiger partial charge on any atom is 0.253 e. The smallest absolute Gasteiger partial charge is 0.253 e. The Kier molecular flexibility index (Phi) is 4.26. The van der Waals surface area contributed by atoms with E-state index in [0.717, 1.165) is 16.8 Å². The molecule has 0 aliphatic rings. The van der Waals surface area contributed by atoms with Gasteiger partial charge in [-0.15, -0.1) is 0 Å². The normalized spacial score (nSPS) is 10.7. The van der Waals surface area contributed by atoms with Crippen LogP contribution < -0.4 is 10.9 Å². The average molecular weight is 289 g/mol. The van der Waals surface area contributed by atoms with Crippen LogP contribution in [0.2, 0.25) is 0 Å². The van der Waals surface area contributed by atoms with Gasteiger partial charge in [0, 0.05) is 23.4 Å². The summed E-state index contributed by atoms with van der Waals surface area (Å²) in [5.41, 5.74) is 3.60. The SMILES string of the molecule is Cc1cc(C)c(CNC(=O)Cc2c(C)noc2C)c(=O)[nH]1. The van der Waals surface area contributed by atoms with Crippen molar-refractivity contribution in [2.75, 3.05) is 0 Å². The van der Waals surface area contributed by atoms with Crippen molar-refractivity contribution < 1.29 is 9.32 Å². The van der Waals surface area contributed by atoms with E-state index in [2.05, 4.69) is 15.5 Å². The van der Waals surface area contributed by atoms with E-state index in [1.807, 2.05) is 19.9 Å². The molecule has 2 aromatic rings. The lowest BCUT2D eigenvalue weighted by Gasteiger charge is -2.08. The van der Waals surface area contributed by atoms with Crippen LogP contribution in [0.1, 0.15) is 33.8 Å². The lowest BCUT2D eigenvalue weighted by Crippen LogP contribution is -2.29. The van der Waals surface area contributed by atoms with Gasteiger partial charge in [-0.3, -0.25) is 9.59 Å². The topological polar surface area (TPSA) is 88.0 Å². The highest BCUT2D eigenvalue weighted by atomic mass is 16.5. The van der Waals surface area contributed by atoms with Crippen LogP contribution in [-0.4, -0.2) is 16.0 Å². The standard InChI is InChI=1S/C15H19N3O3/c1-8-5-9(2)17-15(20)13(8)7-16-14(19)6-12-10(3)18-21-11(12)4/h5H,6-7H2,1-4H3,(H,16,19)(H,17,20). The van der Waals surface area contributed by atoms with Crippen LogP contribution in [0.4, 0.5) is 0 Å². The van der Waals surface area contributed by atoms with Gasteiger partial charge in [0.25, 0.3) is 5.56 Å². The van der Waals surface area contributed by atoms with Gasteiger partial charge in [0.05, 0.1) is 12.1 Å². The lowest BCUT2D eigenvalue weighted by molar-refractivity contribution is -0.120. The number of H-pyrrole nitrogens is 1. The molecule has 0 bridgehead atoms. The summed E-state index contributed by atoms with van der Waals surface area (Å²) >= 11 is 0. The van der Waals surface area contributed by atoms with Crippen LogP contribution in [0.25, 0.3) is 0 Å². The van der Waals surface area contributed by atoms with E-state index in [1.165, 1.54) is 0 Å². The van der Waals surface area contributed by atoms with Gasteiger partial charge in [-0.1, -0.05) is 5.16 Å². The maximum absolute atomic E-state index is 12.0. The molecule has 0 unspecified atom stereocenters. The fraction of sp³-hybridized carbons (Fsp3) is 0.400. The largest absolute Gasteiger partial charge is 0.361 e. The number of carbonyl (C=O) groups excluding carboxylic acids is 1. The minimum absolute atomic E-state index is 0.162. The second-order valence-corrected chi connectivity index (χ2v) is 5.20. The number of nitrogens with one attached hydrogen (secondary N) is 2. The van der Waals surface area contributed by atoms with Crippen molar-refractivity contribution in [3.63, 3.8) is 0 Å². The summed E-state index contributed by atoms with van der Waals surface area (Å²) in [6.07, 6.45) is 0.198. The van der Waals surface area contributed by atoms with Crippen molar-refractivity contribution in [2.24, 2.45) is 0 Å². The molecule has 0 atom stereocenters. The number of hydrogen-bond donors (Lipinski definition) is 2. The highest BCUT2D eigenvalue weighted by Crippen LogP contribution is 2.12. The number of amides is 1. The summed E-state index contributed by atoms with van der Waals surface area (Å²) in [4.78, 5) is 26.6. The molecule has 0 saturated heterocycles. The maximum atomic E-state index is 12.0. The first-order chi connectivity index (χ1) is 9.88. The number of aromatic nitrogens is 2. The predicted molar refractivity (Wildman–Crippen MR) is 78.1 cm³/mol. The summed E-state index contributed by atoms with van der Waals surface area (Å²) in [5.74, 6) is 0.482. The Bertz CT molecular complexity index is 709. The van der Waals surface area contributed by atoms with Crippen molar-refractivity contribution in [3.8, 4) is 0 Å². The summed E-state index contributed by atoms with van der Waals surface area (Å²) in [5, 5.41) is 6.58. The third kappa shape index (κ3) is 3.39. The van der Waals surface area contributed by atoms with E-state index < -0.39 is 0 Å². The van der Waals surface area contributed by atoms with Gasteiger partial charge in [0.15, 0.2) is 0 Å². The van der Waals surface area contributed by atoms with Crippen molar-refractivity contribution in [1.29, 1.82) is 0 Å². The molecular weight excluding hydrogens is 270 g/mol. The minimum Gasteiger partial charge on any atom is -0.361 e. The number of carbonyl (C=O) groups is 1. The molecule has 1 amide bonds. The molecule has 6 heteroatoms. The van der Waals surface area contributed by atoms with Gasteiger partial charge in [0.2, 0.25) is 5.91 Å². The van der Waals surface area contributed by atoms with Crippen LogP contribution in [0.15, 0.2) is 15.4 Å². The molecule has 2 heterocycles. The summed E-state index contributed by atoms with van der Waals surface area (Å²) in [7, 11) is 0. The zero-order valence-corrected chi connectivity index (χ0v) is 12.7. The van der Waals surface area contributed by atoms with Gasteiger partial charge >= 0.3 is 0 Å². The third-order valence-electron chi connectivity index (χ3n) is 3.47. The molecular formula is C15H19N3O3. The van der Waals surface area contributed by atoms with Crippen LogP contribution in [0, 0.1) is 27.7 Å². The average Bonchev–Trinajstić information content (AvgIpc) is 2.69. The lowest BCUT2D eigenvalue weighted by atomic mass is 10.1. The molecule has 6 nitrogen and oxygen atoms in total. The molecule has 0 fully saturated rings. The molecule has 0 aliphatic heterocycles. The van der Waals surface area contributed by atoms with Crippen LogP contribution in [-0.2, 0) is 17.8 Å². The van der Waals surface area contributed by atoms with E-state index in [0.29, 0.717) is 17.0 Å². The van der Waals surface area contributed by atoms with E-state index in [4.69, 9.17) is 4.52 Å². The van der Waals surface area contributed by atoms with E-state index >= 15 is 0 Å². The second-order valence-electron chi connectivity index (χ2n) is 5.20. The number of aryl methyl sites for hydroxylation is 4. The van der Waals surface area contributed by atoms with Gasteiger partial charge in [-0.2, -0.15) is 0 Å². The molecule has 0 spiro atoms. The third-order valence-corrected chi connectivity index (χ3v) is 3.47. The molecule has 0 aromatic carbocycles. The van der Waals surface area contributed by atoms with Crippen molar-refractivity contribution in [2.45, 2.75) is 40.7 Å². The predicted octanol–water partition coefficient (Wildman–Crippen LogP) is 1.46. The van der Waals surface area contributed by atoms with Gasteiger partial charge in [-0.05, 0) is 39.3 Å². The zero-order valence-electron chi connectivity index (χ0n) is 12.7. The Balaban J connectivity index is 2.04. The molecule has 21 heavy (non-hydrogen) atoms. The second kappa shape index (κ2) is 5.95. The van der Waals surface area contributed by atoms with E-state index in [1.54, 1.807) is 13.8 Å². The summed E-state index contributed by atoms with van der Waals surface area (Å²) in [6, 6.07) is 1.89. The number of hydrogen-bond acceptors (Lipinski definition) is 4. The van der Waals surface area contributed by atoms with Crippen LogP contribution in [0.5, 0.6) is 0 Å². The van der Waals surface area contributed by atoms with E-state index in [-0.39, 0.29) is 24.4 Å². The van der Waals surface area contributed by atoms with Crippen LogP contribution >= 0.6 is 0 Å². The molecule has 2 N–H and O–H groups in total. The van der Waals surface area contributed by atoms with E-state index in [9.17, 15) is 9.59 Å². The first-order valence-corrected chi connectivity index (χ1v) is 6.76. The first kappa shape index (κ1) is 15.0. The Labute approximate surface area is 122 Å². The number of aromatic amines is 1.